The molecule has 1 atom stereocenters. The first-order valence-electron chi connectivity index (χ1n) is 17.5. The topological polar surface area (TPSA) is 46.5 Å². The Labute approximate surface area is 248 Å². The van der Waals surface area contributed by atoms with Gasteiger partial charge in [-0.05, 0) is 38.0 Å². The average Bonchev–Trinajstić information content (AvgIpc) is 2.94. The van der Waals surface area contributed by atoms with Crippen LogP contribution in [0.5, 0.6) is 0 Å². The zero-order valence-electron chi connectivity index (χ0n) is 27.0. The van der Waals surface area contributed by atoms with Crippen molar-refractivity contribution < 1.29 is 14.4 Å². The van der Waals surface area contributed by atoms with E-state index in [4.69, 9.17) is 4.52 Å². The Hall–Kier alpha value is 0.290. The molecule has 0 saturated carbocycles. The maximum absolute atomic E-state index is 13.3. The van der Waals surface area contributed by atoms with Gasteiger partial charge in [-0.15, -0.1) is 0 Å². The highest BCUT2D eigenvalue weighted by molar-refractivity contribution is 7.59. The predicted molar refractivity (Wildman–Crippen MR) is 179 cm³/mol. The second-order valence-electron chi connectivity index (χ2n) is 11.8. The number of hydrogen-bond donors (Lipinski definition) is 1. The predicted octanol–water partition coefficient (Wildman–Crippen LogP) is 12.2. The van der Waals surface area contributed by atoms with Gasteiger partial charge in [-0.2, -0.15) is 0 Å². The number of carbonyl (C=O) groups is 1. The van der Waals surface area contributed by atoms with Crippen molar-refractivity contribution in [1.82, 2.24) is 0 Å². The molecule has 234 valence electrons. The smallest absolute Gasteiger partial charge is 0.341 e. The van der Waals surface area contributed by atoms with Crippen molar-refractivity contribution in [2.75, 3.05) is 24.6 Å². The Morgan fingerprint density at radius 1 is 0.487 bits per heavy atom. The molecule has 0 amide bonds. The Morgan fingerprint density at radius 3 is 1.10 bits per heavy atom. The first kappa shape index (κ1) is 39.3. The first-order chi connectivity index (χ1) is 19.1. The summed E-state index contributed by atoms with van der Waals surface area (Å²) in [5.74, 6) is -1.15. The van der Waals surface area contributed by atoms with Crippen LogP contribution in [0.3, 0.4) is 0 Å². The molecule has 0 radical (unpaired) electrons. The maximum atomic E-state index is 13.3. The number of hydrogen-bond acceptors (Lipinski definition) is 3. The molecule has 0 aromatic heterocycles. The Kier molecular flexibility index (Phi) is 31.5. The Balaban J connectivity index is 4.84. The van der Waals surface area contributed by atoms with E-state index >= 15 is 0 Å². The van der Waals surface area contributed by atoms with E-state index in [0.29, 0.717) is 0 Å². The maximum Gasteiger partial charge on any atom is 0.341 e. The second kappa shape index (κ2) is 31.2. The van der Waals surface area contributed by atoms with Crippen molar-refractivity contribution in [3.05, 3.63) is 0 Å². The van der Waals surface area contributed by atoms with Crippen LogP contribution in [-0.2, 0) is 9.32 Å². The van der Waals surface area contributed by atoms with Crippen LogP contribution in [-0.4, -0.2) is 41.6 Å². The normalized spacial score (nSPS) is 12.5. The second-order valence-corrected chi connectivity index (χ2v) is 16.4. The van der Waals surface area contributed by atoms with Crippen LogP contribution in [0.25, 0.3) is 0 Å². The van der Waals surface area contributed by atoms with Gasteiger partial charge >= 0.3 is 5.97 Å². The van der Waals surface area contributed by atoms with E-state index in [1.54, 1.807) is 0 Å². The fraction of sp³-hybridized carbons (Fsp3) is 0.971. The number of unbranched alkanes of at least 4 members (excludes halogenated alkanes) is 20. The summed E-state index contributed by atoms with van der Waals surface area (Å²) in [6.07, 6.45) is 34.6. The summed E-state index contributed by atoms with van der Waals surface area (Å²) in [5, 5.41) is 11.2. The molecule has 0 aromatic carbocycles. The molecule has 0 heterocycles. The minimum absolute atomic E-state index is 0.277. The number of aliphatic hydroxyl groups excluding tert-OH is 1. The van der Waals surface area contributed by atoms with Gasteiger partial charge in [0.1, 0.15) is 0 Å². The van der Waals surface area contributed by atoms with Crippen LogP contribution in [0.2, 0.25) is 0 Å². The lowest BCUT2D eigenvalue weighted by atomic mass is 10.1. The third kappa shape index (κ3) is 25.7. The molecule has 0 aliphatic carbocycles. The van der Waals surface area contributed by atoms with Crippen molar-refractivity contribution in [3.63, 3.8) is 0 Å². The van der Waals surface area contributed by atoms with Gasteiger partial charge in [0.25, 0.3) is 0 Å². The van der Waals surface area contributed by atoms with E-state index in [2.05, 4.69) is 27.7 Å². The van der Waals surface area contributed by atoms with Crippen molar-refractivity contribution in [1.29, 1.82) is 0 Å². The van der Waals surface area contributed by atoms with E-state index in [1.165, 1.54) is 141 Å². The lowest BCUT2D eigenvalue weighted by Gasteiger charge is -2.25. The van der Waals surface area contributed by atoms with Gasteiger partial charge < -0.3 is 9.63 Å². The van der Waals surface area contributed by atoms with Crippen LogP contribution in [0.1, 0.15) is 182 Å². The lowest BCUT2D eigenvalue weighted by Crippen LogP contribution is -2.23. The van der Waals surface area contributed by atoms with Crippen molar-refractivity contribution in [3.8, 4) is 0 Å². The summed E-state index contributed by atoms with van der Waals surface area (Å²) in [6.45, 7) is 9.04. The fourth-order valence-corrected chi connectivity index (χ4v) is 9.53. The molecule has 5 heteroatoms. The van der Waals surface area contributed by atoms with Crippen molar-refractivity contribution in [2.45, 2.75) is 188 Å². The van der Waals surface area contributed by atoms with Gasteiger partial charge in [0, 0.05) is 12.3 Å². The van der Waals surface area contributed by atoms with Gasteiger partial charge in [-0.3, -0.25) is 0 Å². The van der Waals surface area contributed by atoms with Crippen LogP contribution >= 0.6 is 16.1 Å². The molecule has 0 aliphatic heterocycles. The molecule has 0 fully saturated rings. The molecule has 0 aromatic rings. The van der Waals surface area contributed by atoms with E-state index in [0.717, 1.165) is 37.5 Å². The molecule has 0 aliphatic rings. The van der Waals surface area contributed by atoms with Gasteiger partial charge in [-0.1, -0.05) is 164 Å². The summed E-state index contributed by atoms with van der Waals surface area (Å²) in [7, 11) is -1.45. The first-order valence-corrected chi connectivity index (χ1v) is 20.9. The SMILES string of the molecule is CCCCCCCCP(CCCCCCCC)OC(=O)C(O)P(CCCCCCCC)CCCCCCCC. The number of carbonyl (C=O) groups excluding carboxylic acids is 1. The third-order valence-electron chi connectivity index (χ3n) is 7.90. The summed E-state index contributed by atoms with van der Waals surface area (Å²) < 4.78 is 6.16. The van der Waals surface area contributed by atoms with Gasteiger partial charge in [0.15, 0.2) is 5.85 Å². The van der Waals surface area contributed by atoms with E-state index in [1.807, 2.05) is 0 Å². The largest absolute Gasteiger partial charge is 0.443 e. The zero-order valence-corrected chi connectivity index (χ0v) is 28.8. The van der Waals surface area contributed by atoms with Gasteiger partial charge in [0.05, 0.1) is 8.15 Å². The van der Waals surface area contributed by atoms with Gasteiger partial charge in [0.2, 0.25) is 0 Å². The standard InChI is InChI=1S/C34H70O3P2/c1-5-9-13-17-21-25-29-38(30-26-22-18-14-10-6-2)34(36)33(35)37-39(31-27-23-19-15-11-7-3)32-28-24-20-16-12-8-4/h34,36H,5-32H2,1-4H3. The molecule has 39 heavy (non-hydrogen) atoms. The summed E-state index contributed by atoms with van der Waals surface area (Å²) in [4.78, 5) is 13.3. The molecule has 1 N–H and O–H groups in total. The van der Waals surface area contributed by atoms with Crippen molar-refractivity contribution >= 4 is 22.0 Å². The third-order valence-corrected chi connectivity index (χ3v) is 12.6. The minimum Gasteiger partial charge on any atom is -0.443 e. The van der Waals surface area contributed by atoms with E-state index < -0.39 is 21.9 Å². The summed E-state index contributed by atoms with van der Waals surface area (Å²) in [5.41, 5.74) is 0. The molecule has 0 bridgehead atoms. The molecule has 0 spiro atoms. The van der Waals surface area contributed by atoms with Crippen LogP contribution in [0.15, 0.2) is 0 Å². The lowest BCUT2D eigenvalue weighted by molar-refractivity contribution is -0.138. The Morgan fingerprint density at radius 2 is 0.769 bits per heavy atom. The highest BCUT2D eigenvalue weighted by atomic mass is 31.1. The quantitative estimate of drug-likeness (QED) is 0.0647. The molecular formula is C34H70O3P2. The molecule has 1 unspecified atom stereocenters. The monoisotopic (exact) mass is 588 g/mol. The average molecular weight is 589 g/mol. The van der Waals surface area contributed by atoms with Crippen molar-refractivity contribution in [2.24, 2.45) is 0 Å². The van der Waals surface area contributed by atoms with E-state index in [9.17, 15) is 9.90 Å². The fourth-order valence-electron chi connectivity index (χ4n) is 5.21. The summed E-state index contributed by atoms with van der Waals surface area (Å²) >= 11 is 0. The van der Waals surface area contributed by atoms with Crippen LogP contribution < -0.4 is 0 Å². The highest BCUT2D eigenvalue weighted by Gasteiger charge is 2.28. The van der Waals surface area contributed by atoms with Crippen LogP contribution in [0.4, 0.5) is 0 Å². The highest BCUT2D eigenvalue weighted by Crippen LogP contribution is 2.46. The molecular weight excluding hydrogens is 518 g/mol. The van der Waals surface area contributed by atoms with Gasteiger partial charge in [-0.25, -0.2) is 4.79 Å². The van der Waals surface area contributed by atoms with E-state index in [-0.39, 0.29) is 5.97 Å². The number of rotatable bonds is 31. The molecule has 0 rings (SSSR count). The van der Waals surface area contributed by atoms with Crippen LogP contribution in [0, 0.1) is 0 Å². The Bertz CT molecular complexity index is 471. The summed E-state index contributed by atoms with van der Waals surface area (Å²) in [6, 6.07) is 0. The molecule has 3 nitrogen and oxygen atoms in total. The minimum atomic E-state index is -0.870. The number of aliphatic hydroxyl groups is 1. The zero-order chi connectivity index (χ0) is 28.8. The molecule has 0 saturated heterocycles.